The molecule has 0 spiro atoms. The first-order chi connectivity index (χ1) is 15.0. The average molecular weight is 446 g/mol. The zero-order valence-electron chi connectivity index (χ0n) is 17.2. The molecule has 0 aliphatic rings. The van der Waals surface area contributed by atoms with E-state index < -0.39 is 6.03 Å². The third-order valence-corrected chi connectivity index (χ3v) is 5.15. The largest absolute Gasteiger partial charge is 0.481 e. The Morgan fingerprint density at radius 2 is 2.00 bits per heavy atom. The van der Waals surface area contributed by atoms with Crippen LogP contribution in [0.15, 0.2) is 47.5 Å². The van der Waals surface area contributed by atoms with Crippen molar-refractivity contribution in [2.45, 2.75) is 11.5 Å². The van der Waals surface area contributed by atoms with Gasteiger partial charge < -0.3 is 14.2 Å². The Kier molecular flexibility index (Phi) is 7.18. The number of carbonyl (C=O) groups is 1. The van der Waals surface area contributed by atoms with Gasteiger partial charge in [0.25, 0.3) is 0 Å². The number of amides is 2. The number of nitrogens with zero attached hydrogens (tertiary/aromatic N) is 4. The normalized spacial score (nSPS) is 10.5. The summed E-state index contributed by atoms with van der Waals surface area (Å²) in [4.78, 5) is 17.0. The number of benzene rings is 1. The maximum atomic E-state index is 11.9. The number of ether oxygens (including phenoxy) is 3. The highest BCUT2D eigenvalue weighted by atomic mass is 32.2. The van der Waals surface area contributed by atoms with Crippen LogP contribution in [-0.4, -0.2) is 41.3 Å². The van der Waals surface area contributed by atoms with Gasteiger partial charge >= 0.3 is 6.03 Å². The van der Waals surface area contributed by atoms with Crippen molar-refractivity contribution in [2.75, 3.05) is 25.5 Å². The highest BCUT2D eigenvalue weighted by Crippen LogP contribution is 2.30. The fourth-order valence-electron chi connectivity index (χ4n) is 2.81. The molecule has 3 rings (SSSR count). The molecule has 0 aliphatic carbocycles. The number of aromatic nitrogens is 3. The molecule has 3 aromatic rings. The Hall–Kier alpha value is -3.48. The molecule has 2 amide bonds. The summed E-state index contributed by atoms with van der Waals surface area (Å²) in [7, 11) is 3.05. The lowest BCUT2D eigenvalue weighted by Gasteiger charge is -2.21. The fourth-order valence-corrected chi connectivity index (χ4v) is 3.44. The third kappa shape index (κ3) is 4.82. The molecule has 0 saturated heterocycles. The summed E-state index contributed by atoms with van der Waals surface area (Å²) in [5.74, 6) is 12.3. The molecule has 0 aliphatic heterocycles. The van der Waals surface area contributed by atoms with E-state index in [2.05, 4.69) is 10.1 Å². The van der Waals surface area contributed by atoms with Gasteiger partial charge in [0, 0.05) is 28.8 Å². The van der Waals surface area contributed by atoms with E-state index in [0.29, 0.717) is 29.0 Å². The second kappa shape index (κ2) is 10.0. The molecule has 0 saturated carbocycles. The van der Waals surface area contributed by atoms with E-state index in [0.717, 1.165) is 15.5 Å². The topological polar surface area (TPSA) is 143 Å². The standard InChI is InChI=1S/C19H23N7O4S/c1-28-16-8-7-14(18(22-16)29-2)25-10-9-17(24-25)30-11-12-13(26(21)19(27)23-20)5-4-6-15(12)31-3/h4-10H,11,20-21H2,1-3H3,(H,23,27). The minimum Gasteiger partial charge on any atom is -0.481 e. The van der Waals surface area contributed by atoms with Crippen LogP contribution < -0.4 is 36.3 Å². The molecule has 5 N–H and O–H groups in total. The molecular weight excluding hydrogens is 422 g/mol. The van der Waals surface area contributed by atoms with Gasteiger partial charge in [-0.1, -0.05) is 6.07 Å². The van der Waals surface area contributed by atoms with Crippen molar-refractivity contribution in [3.05, 3.63) is 48.2 Å². The second-order valence-electron chi connectivity index (χ2n) is 6.05. The summed E-state index contributed by atoms with van der Waals surface area (Å²) in [5.41, 5.74) is 3.82. The van der Waals surface area contributed by atoms with Crippen LogP contribution in [0, 0.1) is 0 Å². The lowest BCUT2D eigenvalue weighted by molar-refractivity contribution is 0.246. The van der Waals surface area contributed by atoms with Gasteiger partial charge in [-0.05, 0) is 24.5 Å². The molecule has 0 unspecified atom stereocenters. The van der Waals surface area contributed by atoms with Crippen LogP contribution in [0.25, 0.3) is 5.69 Å². The first-order valence-electron chi connectivity index (χ1n) is 9.01. The van der Waals surface area contributed by atoms with Crippen molar-refractivity contribution in [3.8, 4) is 23.3 Å². The van der Waals surface area contributed by atoms with Gasteiger partial charge in [-0.3, -0.25) is 5.43 Å². The maximum Gasteiger partial charge on any atom is 0.350 e. The van der Waals surface area contributed by atoms with Crippen LogP contribution >= 0.6 is 11.8 Å². The molecule has 1 aromatic carbocycles. The number of urea groups is 1. The quantitative estimate of drug-likeness (QED) is 0.205. The number of thioether (sulfide) groups is 1. The first-order valence-corrected chi connectivity index (χ1v) is 10.2. The fraction of sp³-hybridized carbons (Fsp3) is 0.211. The van der Waals surface area contributed by atoms with Crippen LogP contribution in [-0.2, 0) is 6.61 Å². The molecule has 0 bridgehead atoms. The van der Waals surface area contributed by atoms with Crippen LogP contribution in [0.5, 0.6) is 17.6 Å². The highest BCUT2D eigenvalue weighted by molar-refractivity contribution is 7.98. The van der Waals surface area contributed by atoms with Crippen LogP contribution in [0.2, 0.25) is 0 Å². The summed E-state index contributed by atoms with van der Waals surface area (Å²) in [6.07, 6.45) is 3.64. The Morgan fingerprint density at radius 1 is 1.19 bits per heavy atom. The Morgan fingerprint density at radius 3 is 2.68 bits per heavy atom. The summed E-state index contributed by atoms with van der Waals surface area (Å²) < 4.78 is 17.9. The van der Waals surface area contributed by atoms with Crippen molar-refractivity contribution in [2.24, 2.45) is 11.7 Å². The Bertz CT molecular complexity index is 1060. The number of hydrazine groups is 2. The zero-order chi connectivity index (χ0) is 22.4. The summed E-state index contributed by atoms with van der Waals surface area (Å²) >= 11 is 1.50. The lowest BCUT2D eigenvalue weighted by Crippen LogP contribution is -2.48. The third-order valence-electron chi connectivity index (χ3n) is 4.32. The van der Waals surface area contributed by atoms with Gasteiger partial charge in [0.05, 0.1) is 19.9 Å². The number of nitrogens with two attached hydrogens (primary N) is 2. The Balaban J connectivity index is 1.84. The van der Waals surface area contributed by atoms with E-state index in [4.69, 9.17) is 25.9 Å². The predicted octanol–water partition coefficient (Wildman–Crippen LogP) is 1.85. The second-order valence-corrected chi connectivity index (χ2v) is 6.89. The van der Waals surface area contributed by atoms with Crippen LogP contribution in [0.1, 0.15) is 5.56 Å². The first kappa shape index (κ1) is 22.2. The molecule has 31 heavy (non-hydrogen) atoms. The summed E-state index contributed by atoms with van der Waals surface area (Å²) in [6.45, 7) is 0.132. The lowest BCUT2D eigenvalue weighted by atomic mass is 10.2. The minimum absolute atomic E-state index is 0.132. The van der Waals surface area contributed by atoms with Crippen molar-refractivity contribution < 1.29 is 19.0 Å². The summed E-state index contributed by atoms with van der Waals surface area (Å²) in [5, 5.41) is 5.36. The van der Waals surface area contributed by atoms with Crippen molar-refractivity contribution in [1.82, 2.24) is 20.2 Å². The van der Waals surface area contributed by atoms with Crippen LogP contribution in [0.3, 0.4) is 0 Å². The number of nitrogens with one attached hydrogen (secondary N) is 1. The van der Waals surface area contributed by atoms with Crippen LogP contribution in [0.4, 0.5) is 10.5 Å². The van der Waals surface area contributed by atoms with Gasteiger partial charge in [-0.2, -0.15) is 4.98 Å². The van der Waals surface area contributed by atoms with E-state index in [-0.39, 0.29) is 6.61 Å². The van der Waals surface area contributed by atoms with E-state index in [1.54, 1.807) is 41.2 Å². The summed E-state index contributed by atoms with van der Waals surface area (Å²) in [6, 6.07) is 9.96. The predicted molar refractivity (Wildman–Crippen MR) is 116 cm³/mol. The van der Waals surface area contributed by atoms with E-state index in [1.807, 2.05) is 17.7 Å². The van der Waals surface area contributed by atoms with Crippen molar-refractivity contribution >= 4 is 23.5 Å². The molecule has 2 aromatic heterocycles. The molecule has 0 fully saturated rings. The Labute approximate surface area is 183 Å². The zero-order valence-corrected chi connectivity index (χ0v) is 18.0. The van der Waals surface area contributed by atoms with E-state index in [9.17, 15) is 4.79 Å². The van der Waals surface area contributed by atoms with Gasteiger partial charge in [-0.15, -0.1) is 16.9 Å². The number of anilines is 1. The van der Waals surface area contributed by atoms with Crippen molar-refractivity contribution in [1.29, 1.82) is 0 Å². The van der Waals surface area contributed by atoms with E-state index in [1.165, 1.54) is 26.0 Å². The maximum absolute atomic E-state index is 11.9. The number of rotatable bonds is 8. The number of hydrogen-bond donors (Lipinski definition) is 3. The van der Waals surface area contributed by atoms with E-state index >= 15 is 0 Å². The molecular formula is C19H23N7O4S. The van der Waals surface area contributed by atoms with Gasteiger partial charge in [0.1, 0.15) is 12.3 Å². The molecule has 12 heteroatoms. The molecule has 164 valence electrons. The minimum atomic E-state index is -0.650. The van der Waals surface area contributed by atoms with Gasteiger partial charge in [-0.25, -0.2) is 26.2 Å². The smallest absolute Gasteiger partial charge is 0.350 e. The number of hydrogen-bond acceptors (Lipinski definition) is 9. The molecule has 2 heterocycles. The molecule has 11 nitrogen and oxygen atoms in total. The number of methoxy groups -OCH3 is 2. The number of pyridine rings is 1. The van der Waals surface area contributed by atoms with Gasteiger partial charge in [0.15, 0.2) is 0 Å². The van der Waals surface area contributed by atoms with Crippen molar-refractivity contribution in [3.63, 3.8) is 0 Å². The highest BCUT2D eigenvalue weighted by Gasteiger charge is 2.18. The molecule has 0 atom stereocenters. The average Bonchev–Trinajstić information content (AvgIpc) is 3.29. The number of carbonyl (C=O) groups excluding carboxylic acids is 1. The van der Waals surface area contributed by atoms with Gasteiger partial charge in [0.2, 0.25) is 17.6 Å². The molecule has 0 radical (unpaired) electrons. The SMILES string of the molecule is COc1ccc(-n2ccc(OCc3c(SC)cccc3N(N)C(=O)NN)n2)c(OC)n1. The monoisotopic (exact) mass is 445 g/mol.